The van der Waals surface area contributed by atoms with Crippen LogP contribution in [0.25, 0.3) is 0 Å². The van der Waals surface area contributed by atoms with Gasteiger partial charge in [-0.2, -0.15) is 0 Å². The zero-order valence-corrected chi connectivity index (χ0v) is 37.3. The van der Waals surface area contributed by atoms with Crippen LogP contribution in [-0.2, 0) is 11.6 Å². The Kier molecular flexibility index (Phi) is 20.4. The van der Waals surface area contributed by atoms with Crippen molar-refractivity contribution in [3.05, 3.63) is 35.9 Å². The summed E-state index contributed by atoms with van der Waals surface area (Å²) in [6.07, 6.45) is 47.2. The molecule has 0 nitrogen and oxygen atoms in total. The Bertz CT molecular complexity index is 840. The van der Waals surface area contributed by atoms with E-state index in [9.17, 15) is 0 Å². The van der Waals surface area contributed by atoms with Gasteiger partial charge in [0.25, 0.3) is 0 Å². The maximum atomic E-state index is 3.52. The van der Waals surface area contributed by atoms with Gasteiger partial charge in [0.1, 0.15) is 0 Å². The molecule has 0 saturated heterocycles. The van der Waals surface area contributed by atoms with Gasteiger partial charge in [0, 0.05) is 0 Å². The summed E-state index contributed by atoms with van der Waals surface area (Å²) in [4.78, 5) is 0. The molecule has 1 aromatic carbocycles. The third-order valence-corrected chi connectivity index (χ3v) is 24.0. The summed E-state index contributed by atoms with van der Waals surface area (Å²) < 4.78 is 2.23. The van der Waals surface area contributed by atoms with Crippen molar-refractivity contribution in [3.63, 3.8) is 0 Å². The van der Waals surface area contributed by atoms with Crippen molar-refractivity contribution < 1.29 is 11.6 Å². The predicted octanol–water partition coefficient (Wildman–Crippen LogP) is 16.0. The second-order valence-electron chi connectivity index (χ2n) is 16.4. The molecule has 48 heavy (non-hydrogen) atoms. The third kappa shape index (κ3) is 14.1. The van der Waals surface area contributed by atoms with E-state index in [1.807, 2.05) is 18.2 Å². The van der Waals surface area contributed by atoms with Crippen molar-refractivity contribution in [2.45, 2.75) is 227 Å². The molecule has 0 aliphatic heterocycles. The molecular formula is C43H72Br2P2Ru. The van der Waals surface area contributed by atoms with E-state index in [0.29, 0.717) is 15.8 Å². The molecule has 0 amide bonds. The summed E-state index contributed by atoms with van der Waals surface area (Å²) >= 11 is 6.10. The molecule has 6 fully saturated rings. The van der Waals surface area contributed by atoms with Gasteiger partial charge in [-0.25, -0.2) is 0 Å². The number of halogens is 2. The molecule has 7 rings (SSSR count). The molecule has 0 spiro atoms. The minimum atomic E-state index is -0.934. The van der Waals surface area contributed by atoms with Crippen LogP contribution in [0.15, 0.2) is 30.3 Å². The first-order valence-electron chi connectivity index (χ1n) is 21.1. The first-order chi connectivity index (χ1) is 23.7. The van der Waals surface area contributed by atoms with Crippen LogP contribution in [0, 0.1) is 0 Å². The summed E-state index contributed by atoms with van der Waals surface area (Å²) in [5, 5.41) is 0. The third-order valence-electron chi connectivity index (χ3n) is 13.0. The molecular weight excluding hydrogens is 839 g/mol. The molecule has 0 unspecified atom stereocenters. The van der Waals surface area contributed by atoms with Crippen molar-refractivity contribution in [2.75, 3.05) is 0 Å². The Morgan fingerprint density at radius 2 is 0.604 bits per heavy atom. The number of hydrogen-bond donors (Lipinski definition) is 0. The van der Waals surface area contributed by atoms with Gasteiger partial charge < -0.3 is 0 Å². The van der Waals surface area contributed by atoms with E-state index in [1.165, 1.54) is 78.0 Å². The molecule has 276 valence electrons. The fraction of sp³-hybridized carbons (Fsp3) is 0.837. The van der Waals surface area contributed by atoms with Crippen molar-refractivity contribution in [2.24, 2.45) is 0 Å². The fourth-order valence-electron chi connectivity index (χ4n) is 10.7. The van der Waals surface area contributed by atoms with Crippen molar-refractivity contribution >= 4 is 47.7 Å². The van der Waals surface area contributed by atoms with Crippen LogP contribution in [0.4, 0.5) is 0 Å². The van der Waals surface area contributed by atoms with Gasteiger partial charge >= 0.3 is 79.3 Å². The first kappa shape index (κ1) is 40.7. The molecule has 6 aliphatic carbocycles. The normalized spacial score (nSPS) is 25.1. The van der Waals surface area contributed by atoms with Crippen LogP contribution in [0.2, 0.25) is 0 Å². The van der Waals surface area contributed by atoms with Gasteiger partial charge in [-0.1, -0.05) is 131 Å². The molecule has 0 heterocycles. The first-order valence-corrected chi connectivity index (χ1v) is 33.2. The second-order valence-corrected chi connectivity index (χ2v) is 35.6. The molecule has 0 aromatic heterocycles. The maximum absolute atomic E-state index is 3.52. The van der Waals surface area contributed by atoms with Gasteiger partial charge in [0.2, 0.25) is 0 Å². The van der Waals surface area contributed by atoms with Crippen LogP contribution < -0.4 is 0 Å². The van der Waals surface area contributed by atoms with Crippen molar-refractivity contribution in [1.29, 1.82) is 0 Å². The molecule has 0 radical (unpaired) electrons. The van der Waals surface area contributed by atoms with E-state index < -0.39 is 11.6 Å². The number of benzene rings is 1. The Balaban J connectivity index is 0.000000148. The van der Waals surface area contributed by atoms with E-state index in [1.54, 1.807) is 154 Å². The Hall–Kier alpha value is 1.53. The van der Waals surface area contributed by atoms with Crippen LogP contribution in [-0.4, -0.2) is 38.6 Å². The molecule has 0 bridgehead atoms. The zero-order chi connectivity index (χ0) is 33.2. The zero-order valence-electron chi connectivity index (χ0n) is 30.6. The molecule has 6 saturated carbocycles. The summed E-state index contributed by atoms with van der Waals surface area (Å²) in [6, 6.07) is 10.3. The van der Waals surface area contributed by atoms with Gasteiger partial charge in [-0.3, -0.25) is 0 Å². The summed E-state index contributed by atoms with van der Waals surface area (Å²) in [5.74, 6) is 0. The summed E-state index contributed by atoms with van der Waals surface area (Å²) in [7, 11) is 0.770. The molecule has 5 heteroatoms. The van der Waals surface area contributed by atoms with Crippen LogP contribution in [0.3, 0.4) is 0 Å². The van der Waals surface area contributed by atoms with Crippen molar-refractivity contribution in [1.82, 2.24) is 0 Å². The number of hydrogen-bond acceptors (Lipinski definition) is 0. The Morgan fingerprint density at radius 1 is 0.375 bits per heavy atom. The van der Waals surface area contributed by atoms with Gasteiger partial charge in [0.15, 0.2) is 0 Å². The summed E-state index contributed by atoms with van der Waals surface area (Å²) in [5.41, 5.74) is 8.43. The Morgan fingerprint density at radius 3 is 0.812 bits per heavy atom. The molecule has 6 aliphatic rings. The standard InChI is InChI=1S/2C18H33P.C7H6.2BrH.Ru/c2*1-4-10-16(11-5-1)19(17-12-6-2-7-13-17)18-14-8-3-9-15-18;1-7-5-3-2-4-6-7;;;/h2*16-18H,1-15H2;1-6H;2*1H;/q;;;;;+2/p-2. The van der Waals surface area contributed by atoms with Crippen LogP contribution >= 0.6 is 43.1 Å². The van der Waals surface area contributed by atoms with E-state index in [2.05, 4.69) is 44.0 Å². The second kappa shape index (κ2) is 24.0. The van der Waals surface area contributed by atoms with Gasteiger partial charge in [-0.05, 0) is 111 Å². The Labute approximate surface area is 319 Å². The van der Waals surface area contributed by atoms with Crippen molar-refractivity contribution in [3.8, 4) is 0 Å². The number of rotatable bonds is 7. The van der Waals surface area contributed by atoms with E-state index in [4.69, 9.17) is 0 Å². The molecule has 0 N–H and O–H groups in total. The predicted molar refractivity (Wildman–Crippen MR) is 225 cm³/mol. The van der Waals surface area contributed by atoms with E-state index in [0.717, 1.165) is 0 Å². The fourth-order valence-corrected chi connectivity index (χ4v) is 23.0. The van der Waals surface area contributed by atoms with E-state index >= 15 is 0 Å². The topological polar surface area (TPSA) is 0 Å². The van der Waals surface area contributed by atoms with Crippen LogP contribution in [0.5, 0.6) is 0 Å². The van der Waals surface area contributed by atoms with Crippen LogP contribution in [0.1, 0.15) is 198 Å². The average molecular weight is 912 g/mol. The van der Waals surface area contributed by atoms with Gasteiger partial charge in [-0.15, -0.1) is 0 Å². The molecule has 0 atom stereocenters. The monoisotopic (exact) mass is 910 g/mol. The minimum absolute atomic E-state index is 0.385. The SMILES string of the molecule is C1CCC(P(C2CCCCC2)C2CCCCC2)CC1.C1CCC(P(C2CCCCC2)C2CCCCC2)CC1.[Br][Ru]([Br])=[CH]c1ccccc1. The van der Waals surface area contributed by atoms with E-state index in [-0.39, 0.29) is 0 Å². The molecule has 1 aromatic rings. The average Bonchev–Trinajstić information content (AvgIpc) is 3.15. The summed E-state index contributed by atoms with van der Waals surface area (Å²) in [6.45, 7) is 0. The van der Waals surface area contributed by atoms with Gasteiger partial charge in [0.05, 0.1) is 0 Å². The quantitative estimate of drug-likeness (QED) is 0.189.